The largest absolute Gasteiger partial charge is 0.490 e. The zero-order valence-electron chi connectivity index (χ0n) is 31.4. The lowest BCUT2D eigenvalue weighted by Gasteiger charge is -2.38. The Bertz CT molecular complexity index is 2140. The molecule has 0 unspecified atom stereocenters. The number of aromatic nitrogens is 4. The molecule has 3 saturated heterocycles. The van der Waals surface area contributed by atoms with Crippen molar-refractivity contribution in [3.05, 3.63) is 70.0 Å². The number of urea groups is 1. The van der Waals surface area contributed by atoms with E-state index in [0.29, 0.717) is 45.2 Å². The number of nitrogens with zero attached hydrogens (tertiary/aromatic N) is 8. The molecule has 0 spiro atoms. The Morgan fingerprint density at radius 3 is 2.39 bits per heavy atom. The quantitative estimate of drug-likeness (QED) is 0.189. The zero-order valence-corrected chi connectivity index (χ0v) is 33.7. The van der Waals surface area contributed by atoms with Crippen molar-refractivity contribution in [3.63, 3.8) is 0 Å². The SMILES string of the molecule is Cl.N#Cc1ccc(OC2CCC(NC(=O)c3ccc(N4CCC(CN5CCC(n6ncc7c(N8CCC(=O)NC8=O)cc(Cl)cc76)CC5)CC4)nn3)CC2)cc1Cl. The molecule has 1 aliphatic carbocycles. The van der Waals surface area contributed by atoms with Crippen LogP contribution in [0.2, 0.25) is 10.0 Å². The Balaban J connectivity index is 0.00000496. The molecule has 4 aliphatic rings. The standard InChI is InChI=1S/C40H44Cl2N10O4.ClH/c41-27-19-35(51-18-13-38(53)46-40(51)55)32-23-44-52(36(32)20-27)29-11-14-49(15-12-29)24-25-9-16-50(17-10-25)37-8-7-34(47-48-37)39(54)45-28-2-5-30(6-3-28)56-31-4-1-26(22-43)33(42)21-31;/h1,4,7-8,19-21,23,25,28-30H,2-3,5-6,9-18,24H2,(H,45,54)(H,46,53,55);1H. The molecular formula is C40H45Cl3N10O4. The number of benzene rings is 2. The highest BCUT2D eigenvalue weighted by molar-refractivity contribution is 6.32. The molecule has 4 fully saturated rings. The van der Waals surface area contributed by atoms with Gasteiger partial charge in [0, 0.05) is 68.2 Å². The number of imide groups is 1. The summed E-state index contributed by atoms with van der Waals surface area (Å²) >= 11 is 12.7. The molecule has 0 atom stereocenters. The summed E-state index contributed by atoms with van der Waals surface area (Å²) in [5, 5.41) is 29.8. The molecule has 4 aromatic rings. The van der Waals surface area contributed by atoms with Crippen LogP contribution >= 0.6 is 35.6 Å². The predicted octanol–water partition coefficient (Wildman–Crippen LogP) is 6.55. The van der Waals surface area contributed by atoms with Gasteiger partial charge in [0.15, 0.2) is 11.5 Å². The lowest BCUT2D eigenvalue weighted by molar-refractivity contribution is -0.120. The third-order valence-electron chi connectivity index (χ3n) is 11.6. The number of piperidine rings is 2. The van der Waals surface area contributed by atoms with E-state index in [9.17, 15) is 14.4 Å². The summed E-state index contributed by atoms with van der Waals surface area (Å²) in [6, 6.07) is 14.3. The van der Waals surface area contributed by atoms with E-state index in [1.165, 1.54) is 0 Å². The number of rotatable bonds is 9. The number of carbonyl (C=O) groups is 3. The van der Waals surface area contributed by atoms with Gasteiger partial charge in [-0.25, -0.2) is 4.79 Å². The molecule has 8 rings (SSSR count). The molecular weight excluding hydrogens is 791 g/mol. The second-order valence-electron chi connectivity index (χ2n) is 15.3. The van der Waals surface area contributed by atoms with Gasteiger partial charge in [0.05, 0.1) is 40.1 Å². The maximum absolute atomic E-state index is 13.0. The number of anilines is 2. The maximum atomic E-state index is 13.0. The number of amides is 4. The van der Waals surface area contributed by atoms with Crippen LogP contribution in [0.5, 0.6) is 5.75 Å². The highest BCUT2D eigenvalue weighted by Gasteiger charge is 2.30. The number of nitrogens with one attached hydrogen (secondary N) is 2. The molecule has 4 amide bonds. The molecule has 2 aromatic carbocycles. The predicted molar refractivity (Wildman–Crippen MR) is 219 cm³/mol. The van der Waals surface area contributed by atoms with Crippen molar-refractivity contribution in [2.75, 3.05) is 49.1 Å². The molecule has 57 heavy (non-hydrogen) atoms. The second-order valence-corrected chi connectivity index (χ2v) is 16.1. The van der Waals surface area contributed by atoms with Crippen LogP contribution in [0, 0.1) is 17.2 Å². The summed E-state index contributed by atoms with van der Waals surface area (Å²) in [5.74, 6) is 1.55. The molecule has 300 valence electrons. The average Bonchev–Trinajstić information content (AvgIpc) is 3.63. The van der Waals surface area contributed by atoms with E-state index in [0.717, 1.165) is 101 Å². The summed E-state index contributed by atoms with van der Waals surface area (Å²) in [4.78, 5) is 43.7. The van der Waals surface area contributed by atoms with Gasteiger partial charge < -0.3 is 19.9 Å². The summed E-state index contributed by atoms with van der Waals surface area (Å²) in [5.41, 5.74) is 2.31. The van der Waals surface area contributed by atoms with Crippen LogP contribution in [0.1, 0.15) is 79.9 Å². The number of hydrogen-bond acceptors (Lipinski definition) is 10. The fourth-order valence-corrected chi connectivity index (χ4v) is 8.93. The minimum Gasteiger partial charge on any atom is -0.490 e. The van der Waals surface area contributed by atoms with Crippen molar-refractivity contribution in [1.29, 1.82) is 5.26 Å². The fraction of sp³-hybridized carbons (Fsp3) is 0.475. The first-order valence-electron chi connectivity index (χ1n) is 19.5. The van der Waals surface area contributed by atoms with Gasteiger partial charge in [0.2, 0.25) is 5.91 Å². The van der Waals surface area contributed by atoms with Crippen LogP contribution in [0.15, 0.2) is 48.7 Å². The normalized spacial score (nSPS) is 21.1. The smallest absolute Gasteiger partial charge is 0.328 e. The molecule has 17 heteroatoms. The van der Waals surface area contributed by atoms with Gasteiger partial charge >= 0.3 is 6.03 Å². The van der Waals surface area contributed by atoms with Gasteiger partial charge in [0.1, 0.15) is 11.8 Å². The third kappa shape index (κ3) is 9.23. The van der Waals surface area contributed by atoms with Crippen molar-refractivity contribution in [2.24, 2.45) is 5.92 Å². The van der Waals surface area contributed by atoms with Gasteiger partial charge in [-0.2, -0.15) is 10.4 Å². The van der Waals surface area contributed by atoms with Gasteiger partial charge in [-0.05, 0) is 93.7 Å². The Labute approximate surface area is 347 Å². The van der Waals surface area contributed by atoms with Gasteiger partial charge in [-0.3, -0.25) is 24.5 Å². The van der Waals surface area contributed by atoms with E-state index < -0.39 is 6.03 Å². The molecule has 2 aromatic heterocycles. The van der Waals surface area contributed by atoms with E-state index in [2.05, 4.69) is 41.4 Å². The van der Waals surface area contributed by atoms with Crippen molar-refractivity contribution in [2.45, 2.75) is 76.0 Å². The van der Waals surface area contributed by atoms with Gasteiger partial charge in [-0.1, -0.05) is 23.2 Å². The second kappa shape index (κ2) is 17.9. The fourth-order valence-electron chi connectivity index (χ4n) is 8.51. The molecule has 3 aliphatic heterocycles. The topological polar surface area (TPSA) is 162 Å². The highest BCUT2D eigenvalue weighted by Crippen LogP contribution is 2.36. The Hall–Kier alpha value is -4.68. The number of nitriles is 1. The number of carbonyl (C=O) groups excluding carboxylic acids is 3. The number of hydrogen-bond donors (Lipinski definition) is 2. The molecule has 5 heterocycles. The molecule has 14 nitrogen and oxygen atoms in total. The lowest BCUT2D eigenvalue weighted by atomic mass is 9.92. The summed E-state index contributed by atoms with van der Waals surface area (Å²) in [6.45, 7) is 5.12. The third-order valence-corrected chi connectivity index (χ3v) is 12.1. The average molecular weight is 836 g/mol. The first-order chi connectivity index (χ1) is 27.2. The Morgan fingerprint density at radius 1 is 0.930 bits per heavy atom. The van der Waals surface area contributed by atoms with Gasteiger partial charge in [-0.15, -0.1) is 22.6 Å². The number of likely N-dealkylation sites (tertiary alicyclic amines) is 1. The van der Waals surface area contributed by atoms with Crippen LogP contribution in [0.25, 0.3) is 10.9 Å². The summed E-state index contributed by atoms with van der Waals surface area (Å²) in [7, 11) is 0. The van der Waals surface area contributed by atoms with Crippen molar-refractivity contribution in [3.8, 4) is 11.8 Å². The van der Waals surface area contributed by atoms with E-state index in [1.54, 1.807) is 41.4 Å². The first-order valence-corrected chi connectivity index (χ1v) is 20.2. The number of ether oxygens (including phenoxy) is 1. The summed E-state index contributed by atoms with van der Waals surface area (Å²) < 4.78 is 8.14. The number of fused-ring (bicyclic) bond motifs is 1. The zero-order chi connectivity index (χ0) is 38.8. The maximum Gasteiger partial charge on any atom is 0.328 e. The van der Waals surface area contributed by atoms with E-state index >= 15 is 0 Å². The van der Waals surface area contributed by atoms with Gasteiger partial charge in [0.25, 0.3) is 5.91 Å². The van der Waals surface area contributed by atoms with Crippen LogP contribution in [0.3, 0.4) is 0 Å². The Morgan fingerprint density at radius 2 is 1.70 bits per heavy atom. The molecule has 2 N–H and O–H groups in total. The first kappa shape index (κ1) is 40.5. The van der Waals surface area contributed by atoms with E-state index in [1.807, 2.05) is 12.1 Å². The van der Waals surface area contributed by atoms with E-state index in [4.69, 9.17) is 38.3 Å². The monoisotopic (exact) mass is 834 g/mol. The minimum atomic E-state index is -0.436. The lowest BCUT2D eigenvalue weighted by Crippen LogP contribution is -2.49. The van der Waals surface area contributed by atoms with Crippen molar-refractivity contribution in [1.82, 2.24) is 35.5 Å². The van der Waals surface area contributed by atoms with Crippen LogP contribution < -0.4 is 25.2 Å². The van der Waals surface area contributed by atoms with Crippen LogP contribution in [-0.4, -0.2) is 94.1 Å². The molecule has 0 bridgehead atoms. The minimum absolute atomic E-state index is 0. The summed E-state index contributed by atoms with van der Waals surface area (Å²) in [6.07, 6.45) is 9.34. The van der Waals surface area contributed by atoms with E-state index in [-0.39, 0.29) is 48.8 Å². The van der Waals surface area contributed by atoms with Crippen molar-refractivity contribution < 1.29 is 19.1 Å². The molecule has 0 radical (unpaired) electrons. The van der Waals surface area contributed by atoms with Crippen molar-refractivity contribution >= 4 is 75.9 Å². The highest BCUT2D eigenvalue weighted by atomic mass is 35.5. The van der Waals surface area contributed by atoms with Crippen LogP contribution in [0.4, 0.5) is 16.3 Å². The Kier molecular flexibility index (Phi) is 12.7. The molecule has 1 saturated carbocycles. The van der Waals surface area contributed by atoms with Crippen LogP contribution in [-0.2, 0) is 4.79 Å². The number of halogens is 3.